The molecule has 6 heteroatoms. The first-order chi connectivity index (χ1) is 9.67. The Labute approximate surface area is 117 Å². The molecule has 1 aliphatic rings. The first-order valence-corrected chi connectivity index (χ1v) is 6.78. The predicted molar refractivity (Wildman–Crippen MR) is 75.2 cm³/mol. The Hall–Kier alpha value is -1.95. The number of anilines is 1. The second kappa shape index (κ2) is 6.47. The second-order valence-corrected chi connectivity index (χ2v) is 4.97. The van der Waals surface area contributed by atoms with Gasteiger partial charge in [-0.05, 0) is 37.8 Å². The van der Waals surface area contributed by atoms with E-state index >= 15 is 0 Å². The molecule has 0 spiro atoms. The van der Waals surface area contributed by atoms with Crippen molar-refractivity contribution in [1.29, 1.82) is 0 Å². The summed E-state index contributed by atoms with van der Waals surface area (Å²) >= 11 is 0. The average Bonchev–Trinajstić information content (AvgIpc) is 2.40. The van der Waals surface area contributed by atoms with Gasteiger partial charge in [0.25, 0.3) is 5.69 Å². The standard InChI is InChI=1S/C14H18N2O4/c17-8-2-7-15(12-3-1-4-12)13-5-6-14(16(19)20)11(9-13)10-18/h5-6,9-10,12,17H,1-4,7-8H2. The van der Waals surface area contributed by atoms with Gasteiger partial charge in [-0.1, -0.05) is 0 Å². The lowest BCUT2D eigenvalue weighted by Crippen LogP contribution is -2.41. The summed E-state index contributed by atoms with van der Waals surface area (Å²) in [6, 6.07) is 5.04. The van der Waals surface area contributed by atoms with E-state index in [1.165, 1.54) is 12.5 Å². The van der Waals surface area contributed by atoms with Crippen molar-refractivity contribution < 1.29 is 14.8 Å². The van der Waals surface area contributed by atoms with Gasteiger partial charge in [-0.25, -0.2) is 0 Å². The second-order valence-electron chi connectivity index (χ2n) is 4.97. The van der Waals surface area contributed by atoms with Gasteiger partial charge in [-0.2, -0.15) is 0 Å². The largest absolute Gasteiger partial charge is 0.396 e. The van der Waals surface area contributed by atoms with Crippen molar-refractivity contribution in [3.8, 4) is 0 Å². The highest BCUT2D eigenvalue weighted by Crippen LogP contribution is 2.32. The van der Waals surface area contributed by atoms with Crippen LogP contribution in [-0.2, 0) is 0 Å². The van der Waals surface area contributed by atoms with Crippen LogP contribution < -0.4 is 4.90 Å². The number of hydrogen-bond acceptors (Lipinski definition) is 5. The van der Waals surface area contributed by atoms with Crippen molar-refractivity contribution in [3.63, 3.8) is 0 Å². The van der Waals surface area contributed by atoms with Crippen molar-refractivity contribution in [2.24, 2.45) is 0 Å². The van der Waals surface area contributed by atoms with Crippen LogP contribution in [0, 0.1) is 10.1 Å². The van der Waals surface area contributed by atoms with Crippen molar-refractivity contribution in [1.82, 2.24) is 0 Å². The van der Waals surface area contributed by atoms with Crippen molar-refractivity contribution in [2.75, 3.05) is 18.1 Å². The molecule has 2 rings (SSSR count). The Kier molecular flexibility index (Phi) is 4.68. The quantitative estimate of drug-likeness (QED) is 0.469. The lowest BCUT2D eigenvalue weighted by atomic mass is 9.90. The summed E-state index contributed by atoms with van der Waals surface area (Å²) in [5.41, 5.74) is 0.746. The molecule has 0 aliphatic heterocycles. The number of aldehydes is 1. The Bertz CT molecular complexity index is 500. The molecular formula is C14H18N2O4. The van der Waals surface area contributed by atoms with Crippen LogP contribution in [0.5, 0.6) is 0 Å². The van der Waals surface area contributed by atoms with E-state index in [-0.39, 0.29) is 17.9 Å². The van der Waals surface area contributed by atoms with E-state index in [4.69, 9.17) is 5.11 Å². The normalized spacial score (nSPS) is 14.7. The van der Waals surface area contributed by atoms with E-state index in [2.05, 4.69) is 4.90 Å². The van der Waals surface area contributed by atoms with Crippen LogP contribution in [0.4, 0.5) is 11.4 Å². The van der Waals surface area contributed by atoms with Gasteiger partial charge < -0.3 is 10.0 Å². The molecule has 1 saturated carbocycles. The van der Waals surface area contributed by atoms with Crippen molar-refractivity contribution >= 4 is 17.7 Å². The number of carbonyl (C=O) groups is 1. The maximum Gasteiger partial charge on any atom is 0.280 e. The maximum absolute atomic E-state index is 11.0. The van der Waals surface area contributed by atoms with Crippen LogP contribution in [-0.4, -0.2) is 35.5 Å². The molecule has 6 nitrogen and oxygen atoms in total. The van der Waals surface area contributed by atoms with Crippen LogP contribution in [0.1, 0.15) is 36.0 Å². The molecule has 0 radical (unpaired) electrons. The Morgan fingerprint density at radius 2 is 2.20 bits per heavy atom. The van der Waals surface area contributed by atoms with E-state index in [9.17, 15) is 14.9 Å². The highest BCUT2D eigenvalue weighted by atomic mass is 16.6. The minimum atomic E-state index is -0.547. The molecule has 0 atom stereocenters. The lowest BCUT2D eigenvalue weighted by molar-refractivity contribution is -0.385. The van der Waals surface area contributed by atoms with Gasteiger partial charge in [0.2, 0.25) is 0 Å². The van der Waals surface area contributed by atoms with E-state index in [0.29, 0.717) is 25.3 Å². The minimum Gasteiger partial charge on any atom is -0.396 e. The number of benzene rings is 1. The van der Waals surface area contributed by atoms with E-state index in [1.807, 2.05) is 0 Å². The third-order valence-corrected chi connectivity index (χ3v) is 3.74. The number of aliphatic hydroxyl groups is 1. The van der Waals surface area contributed by atoms with Gasteiger partial charge >= 0.3 is 0 Å². The van der Waals surface area contributed by atoms with Crippen molar-refractivity contribution in [3.05, 3.63) is 33.9 Å². The van der Waals surface area contributed by atoms with Crippen LogP contribution in [0.15, 0.2) is 18.2 Å². The van der Waals surface area contributed by atoms with Gasteiger partial charge in [-0.15, -0.1) is 0 Å². The molecule has 0 unspecified atom stereocenters. The Balaban J connectivity index is 2.27. The minimum absolute atomic E-state index is 0.0980. The number of hydrogen-bond donors (Lipinski definition) is 1. The fraction of sp³-hybridized carbons (Fsp3) is 0.500. The van der Waals surface area contributed by atoms with E-state index < -0.39 is 4.92 Å². The van der Waals surface area contributed by atoms with Gasteiger partial charge in [0.05, 0.1) is 10.5 Å². The Morgan fingerprint density at radius 3 is 2.70 bits per heavy atom. The lowest BCUT2D eigenvalue weighted by Gasteiger charge is -2.39. The summed E-state index contributed by atoms with van der Waals surface area (Å²) in [4.78, 5) is 23.4. The van der Waals surface area contributed by atoms with Crippen molar-refractivity contribution in [2.45, 2.75) is 31.7 Å². The SMILES string of the molecule is O=Cc1cc(N(CCCO)C2CCC2)ccc1[N+](=O)[O-]. The van der Waals surface area contributed by atoms with Gasteiger partial charge in [0.15, 0.2) is 6.29 Å². The molecule has 0 aromatic heterocycles. The number of nitro benzene ring substituents is 1. The van der Waals surface area contributed by atoms with Crippen LogP contribution in [0.2, 0.25) is 0 Å². The summed E-state index contributed by atoms with van der Waals surface area (Å²) in [7, 11) is 0. The van der Waals surface area contributed by atoms with Gasteiger partial charge in [0.1, 0.15) is 0 Å². The van der Waals surface area contributed by atoms with E-state index in [0.717, 1.165) is 18.5 Å². The molecule has 1 aromatic carbocycles. The first kappa shape index (κ1) is 14.5. The van der Waals surface area contributed by atoms with E-state index in [1.54, 1.807) is 12.1 Å². The number of aliphatic hydroxyl groups excluding tert-OH is 1. The number of nitro groups is 1. The number of rotatable bonds is 7. The highest BCUT2D eigenvalue weighted by Gasteiger charge is 2.26. The number of nitrogens with zero attached hydrogens (tertiary/aromatic N) is 2. The summed E-state index contributed by atoms with van der Waals surface area (Å²) in [6.45, 7) is 0.800. The molecule has 108 valence electrons. The summed E-state index contributed by atoms with van der Waals surface area (Å²) < 4.78 is 0. The van der Waals surface area contributed by atoms with Gasteiger partial charge in [0, 0.05) is 30.9 Å². The Morgan fingerprint density at radius 1 is 1.45 bits per heavy atom. The van der Waals surface area contributed by atoms with Crippen LogP contribution in [0.3, 0.4) is 0 Å². The van der Waals surface area contributed by atoms with Gasteiger partial charge in [-0.3, -0.25) is 14.9 Å². The molecule has 1 aliphatic carbocycles. The summed E-state index contributed by atoms with van der Waals surface area (Å²) in [5, 5.41) is 19.8. The topological polar surface area (TPSA) is 83.7 Å². The molecule has 20 heavy (non-hydrogen) atoms. The molecule has 0 amide bonds. The zero-order valence-electron chi connectivity index (χ0n) is 11.2. The molecule has 0 saturated heterocycles. The third-order valence-electron chi connectivity index (χ3n) is 3.74. The first-order valence-electron chi connectivity index (χ1n) is 6.78. The fourth-order valence-electron chi connectivity index (χ4n) is 2.44. The molecule has 1 N–H and O–H groups in total. The summed E-state index contributed by atoms with van der Waals surface area (Å²) in [6.07, 6.45) is 4.50. The zero-order chi connectivity index (χ0) is 14.5. The van der Waals surface area contributed by atoms with Crippen LogP contribution >= 0.6 is 0 Å². The molecule has 0 bridgehead atoms. The molecular weight excluding hydrogens is 260 g/mol. The maximum atomic E-state index is 11.0. The highest BCUT2D eigenvalue weighted by molar-refractivity contribution is 5.83. The smallest absolute Gasteiger partial charge is 0.280 e. The average molecular weight is 278 g/mol. The predicted octanol–water partition coefficient (Wildman–Crippen LogP) is 2.15. The number of carbonyl (C=O) groups excluding carboxylic acids is 1. The fourth-order valence-corrected chi connectivity index (χ4v) is 2.44. The monoisotopic (exact) mass is 278 g/mol. The summed E-state index contributed by atoms with van der Waals surface area (Å²) in [5.74, 6) is 0. The molecule has 1 fully saturated rings. The zero-order valence-corrected chi connectivity index (χ0v) is 11.2. The molecule has 0 heterocycles. The molecule has 1 aromatic rings. The third kappa shape index (κ3) is 2.96. The van der Waals surface area contributed by atoms with Crippen LogP contribution in [0.25, 0.3) is 0 Å².